The molecule has 2 rings (SSSR count). The van der Waals surface area contributed by atoms with Gasteiger partial charge in [-0.2, -0.15) is 0 Å². The molecule has 1 aromatic rings. The number of hydrogen-bond acceptors (Lipinski definition) is 4. The molecule has 0 radical (unpaired) electrons. The van der Waals surface area contributed by atoms with E-state index in [4.69, 9.17) is 26.2 Å². The van der Waals surface area contributed by atoms with Gasteiger partial charge in [0.2, 0.25) is 0 Å². The van der Waals surface area contributed by atoms with Gasteiger partial charge in [0.05, 0.1) is 19.2 Å². The summed E-state index contributed by atoms with van der Waals surface area (Å²) in [7, 11) is 3.01. The van der Waals surface area contributed by atoms with E-state index >= 15 is 0 Å². The molecule has 0 saturated carbocycles. The highest BCUT2D eigenvalue weighted by Gasteiger charge is 2.24. The Labute approximate surface area is 129 Å². The number of nitrogens with zero attached hydrogens (tertiary/aromatic N) is 1. The molecule has 5 nitrogen and oxygen atoms in total. The molecular formula is C15H20ClNO4. The summed E-state index contributed by atoms with van der Waals surface area (Å²) in [6, 6.07) is 3.24. The Morgan fingerprint density at radius 3 is 2.52 bits per heavy atom. The number of hydrogen-bond donors (Lipinski definition) is 1. The fraction of sp³-hybridized carbons (Fsp3) is 0.533. The summed E-state index contributed by atoms with van der Waals surface area (Å²) in [5, 5.41) is 9.50. The molecule has 0 atom stereocenters. The van der Waals surface area contributed by atoms with Gasteiger partial charge in [0, 0.05) is 25.3 Å². The van der Waals surface area contributed by atoms with Crippen LogP contribution in [0.2, 0.25) is 5.02 Å². The van der Waals surface area contributed by atoms with Gasteiger partial charge in [0.25, 0.3) is 5.91 Å². The maximum absolute atomic E-state index is 12.5. The zero-order valence-corrected chi connectivity index (χ0v) is 13.0. The number of halogens is 1. The lowest BCUT2D eigenvalue weighted by atomic mass is 9.97. The summed E-state index contributed by atoms with van der Waals surface area (Å²) in [5.41, 5.74) is 0.486. The molecule has 0 aromatic heterocycles. The Morgan fingerprint density at radius 1 is 1.33 bits per heavy atom. The maximum Gasteiger partial charge on any atom is 0.254 e. The first-order chi connectivity index (χ1) is 10.1. The first kappa shape index (κ1) is 15.9. The van der Waals surface area contributed by atoms with E-state index in [-0.39, 0.29) is 12.5 Å². The lowest BCUT2D eigenvalue weighted by Gasteiger charge is -2.31. The summed E-state index contributed by atoms with van der Waals surface area (Å²) in [6.45, 7) is 1.48. The van der Waals surface area contributed by atoms with Crippen molar-refractivity contribution in [3.05, 3.63) is 22.7 Å². The van der Waals surface area contributed by atoms with Crippen LogP contribution in [0.15, 0.2) is 12.1 Å². The van der Waals surface area contributed by atoms with Crippen molar-refractivity contribution in [2.24, 2.45) is 5.92 Å². The smallest absolute Gasteiger partial charge is 0.254 e. The molecule has 0 unspecified atom stereocenters. The molecule has 0 aliphatic carbocycles. The highest BCUT2D eigenvalue weighted by Crippen LogP contribution is 2.36. The average Bonchev–Trinajstić information content (AvgIpc) is 2.53. The van der Waals surface area contributed by atoms with Crippen LogP contribution in [0.5, 0.6) is 11.5 Å². The van der Waals surface area contributed by atoms with Crippen molar-refractivity contribution in [3.8, 4) is 11.5 Å². The summed E-state index contributed by atoms with van der Waals surface area (Å²) < 4.78 is 10.4. The predicted octanol–water partition coefficient (Wildman–Crippen LogP) is 2.20. The molecular weight excluding hydrogens is 294 g/mol. The molecule has 1 heterocycles. The minimum Gasteiger partial charge on any atom is -0.493 e. The number of likely N-dealkylation sites (tertiary alicyclic amines) is 1. The number of carbonyl (C=O) groups is 1. The third-order valence-electron chi connectivity index (χ3n) is 3.84. The van der Waals surface area contributed by atoms with Crippen molar-refractivity contribution in [2.45, 2.75) is 12.8 Å². The van der Waals surface area contributed by atoms with Crippen molar-refractivity contribution in [3.63, 3.8) is 0 Å². The number of piperidine rings is 1. The molecule has 6 heteroatoms. The topological polar surface area (TPSA) is 59.0 Å². The minimum absolute atomic E-state index is 0.0748. The van der Waals surface area contributed by atoms with Crippen LogP contribution in [0.25, 0.3) is 0 Å². The molecule has 1 saturated heterocycles. The van der Waals surface area contributed by atoms with E-state index in [0.717, 1.165) is 12.8 Å². The van der Waals surface area contributed by atoms with Crippen LogP contribution in [-0.4, -0.2) is 49.8 Å². The van der Waals surface area contributed by atoms with Crippen molar-refractivity contribution >= 4 is 17.5 Å². The molecule has 1 aliphatic rings. The number of aliphatic hydroxyl groups is 1. The standard InChI is InChI=1S/C15H20ClNO4/c1-20-13-8-11(7-12(16)14(13)21-2)15(19)17-5-3-10(9-18)4-6-17/h7-8,10,18H,3-6,9H2,1-2H3. The second-order valence-electron chi connectivity index (χ2n) is 5.11. The predicted molar refractivity (Wildman–Crippen MR) is 80.3 cm³/mol. The van der Waals surface area contributed by atoms with E-state index in [1.54, 1.807) is 17.0 Å². The number of rotatable bonds is 4. The van der Waals surface area contributed by atoms with Crippen molar-refractivity contribution < 1.29 is 19.4 Å². The second-order valence-corrected chi connectivity index (χ2v) is 5.52. The van der Waals surface area contributed by atoms with Crippen LogP contribution >= 0.6 is 11.6 Å². The van der Waals surface area contributed by atoms with Crippen LogP contribution in [0, 0.1) is 5.92 Å². The van der Waals surface area contributed by atoms with Gasteiger partial charge in [0.15, 0.2) is 11.5 Å². The second kappa shape index (κ2) is 7.00. The number of benzene rings is 1. The van der Waals surface area contributed by atoms with Gasteiger partial charge in [0.1, 0.15) is 0 Å². The van der Waals surface area contributed by atoms with Crippen LogP contribution in [0.4, 0.5) is 0 Å². The Morgan fingerprint density at radius 2 is 2.00 bits per heavy atom. The lowest BCUT2D eigenvalue weighted by molar-refractivity contribution is 0.0650. The largest absolute Gasteiger partial charge is 0.493 e. The number of aliphatic hydroxyl groups excluding tert-OH is 1. The van der Waals surface area contributed by atoms with Gasteiger partial charge in [-0.25, -0.2) is 0 Å². The number of methoxy groups -OCH3 is 2. The third-order valence-corrected chi connectivity index (χ3v) is 4.12. The molecule has 21 heavy (non-hydrogen) atoms. The molecule has 1 N–H and O–H groups in total. The summed E-state index contributed by atoms with van der Waals surface area (Å²) in [5.74, 6) is 1.09. The Kier molecular flexibility index (Phi) is 5.31. The van der Waals surface area contributed by atoms with E-state index < -0.39 is 0 Å². The monoisotopic (exact) mass is 313 g/mol. The van der Waals surface area contributed by atoms with Gasteiger partial charge in [-0.1, -0.05) is 11.6 Å². The quantitative estimate of drug-likeness (QED) is 0.926. The summed E-state index contributed by atoms with van der Waals surface area (Å²) >= 11 is 6.13. The van der Waals surface area contributed by atoms with Crippen LogP contribution in [0.3, 0.4) is 0 Å². The van der Waals surface area contributed by atoms with E-state index in [9.17, 15) is 4.79 Å². The summed E-state index contributed by atoms with van der Waals surface area (Å²) in [4.78, 5) is 14.3. The van der Waals surface area contributed by atoms with Gasteiger partial charge < -0.3 is 19.5 Å². The zero-order valence-electron chi connectivity index (χ0n) is 12.3. The van der Waals surface area contributed by atoms with Crippen LogP contribution in [-0.2, 0) is 0 Å². The molecule has 0 spiro atoms. The van der Waals surface area contributed by atoms with E-state index in [2.05, 4.69) is 0 Å². The normalized spacial score (nSPS) is 15.9. The van der Waals surface area contributed by atoms with Gasteiger partial charge >= 0.3 is 0 Å². The number of ether oxygens (including phenoxy) is 2. The highest BCUT2D eigenvalue weighted by molar-refractivity contribution is 6.32. The third kappa shape index (κ3) is 3.41. The Bertz CT molecular complexity index is 513. The zero-order chi connectivity index (χ0) is 15.4. The first-order valence-electron chi connectivity index (χ1n) is 6.92. The van der Waals surface area contributed by atoms with E-state index in [0.29, 0.717) is 41.1 Å². The van der Waals surface area contributed by atoms with Gasteiger partial charge in [-0.15, -0.1) is 0 Å². The van der Waals surface area contributed by atoms with E-state index in [1.165, 1.54) is 14.2 Å². The maximum atomic E-state index is 12.5. The molecule has 116 valence electrons. The molecule has 0 bridgehead atoms. The summed E-state index contributed by atoms with van der Waals surface area (Å²) in [6.07, 6.45) is 1.65. The van der Waals surface area contributed by atoms with Crippen molar-refractivity contribution in [2.75, 3.05) is 33.9 Å². The Balaban J connectivity index is 2.18. The van der Waals surface area contributed by atoms with Gasteiger partial charge in [-0.05, 0) is 30.9 Å². The fourth-order valence-corrected chi connectivity index (χ4v) is 2.83. The first-order valence-corrected chi connectivity index (χ1v) is 7.30. The van der Waals surface area contributed by atoms with Crippen molar-refractivity contribution in [1.82, 2.24) is 4.90 Å². The molecule has 1 aromatic carbocycles. The Hall–Kier alpha value is -1.46. The minimum atomic E-state index is -0.0748. The van der Waals surface area contributed by atoms with Gasteiger partial charge in [-0.3, -0.25) is 4.79 Å². The number of carbonyl (C=O) groups excluding carboxylic acids is 1. The highest BCUT2D eigenvalue weighted by atomic mass is 35.5. The lowest BCUT2D eigenvalue weighted by Crippen LogP contribution is -2.39. The average molecular weight is 314 g/mol. The number of amides is 1. The molecule has 1 aliphatic heterocycles. The molecule has 1 fully saturated rings. The fourth-order valence-electron chi connectivity index (χ4n) is 2.54. The SMILES string of the molecule is COc1cc(C(=O)N2CCC(CO)CC2)cc(Cl)c1OC. The van der Waals surface area contributed by atoms with Crippen LogP contribution in [0.1, 0.15) is 23.2 Å². The van der Waals surface area contributed by atoms with E-state index in [1.807, 2.05) is 0 Å². The van der Waals surface area contributed by atoms with Crippen molar-refractivity contribution in [1.29, 1.82) is 0 Å². The van der Waals surface area contributed by atoms with Crippen LogP contribution < -0.4 is 9.47 Å². The molecule has 1 amide bonds.